The fourth-order valence-corrected chi connectivity index (χ4v) is 2.46. The Kier molecular flexibility index (Phi) is 4.02. The van der Waals surface area contributed by atoms with Crippen molar-refractivity contribution in [3.05, 3.63) is 71.1 Å². The molecule has 1 aromatic heterocycles. The van der Waals surface area contributed by atoms with Gasteiger partial charge in [0.05, 0.1) is 5.92 Å². The van der Waals surface area contributed by atoms with Crippen LogP contribution in [0.3, 0.4) is 0 Å². The van der Waals surface area contributed by atoms with Crippen molar-refractivity contribution in [3.8, 4) is 11.4 Å². The molecule has 0 N–H and O–H groups in total. The molecule has 0 aliphatic heterocycles. The number of rotatable bonds is 4. The second-order valence-corrected chi connectivity index (χ2v) is 5.27. The molecule has 0 spiro atoms. The molecule has 0 aliphatic carbocycles. The van der Waals surface area contributed by atoms with Gasteiger partial charge in [0.2, 0.25) is 11.7 Å². The quantitative estimate of drug-likeness (QED) is 0.685. The Bertz CT molecular complexity index is 707. The lowest BCUT2D eigenvalue weighted by atomic mass is 9.96. The zero-order chi connectivity index (χ0) is 14.7. The van der Waals surface area contributed by atoms with Crippen LogP contribution in [0.15, 0.2) is 59.1 Å². The van der Waals surface area contributed by atoms with Crippen molar-refractivity contribution >= 4 is 11.6 Å². The maximum Gasteiger partial charge on any atom is 0.234 e. The Labute approximate surface area is 128 Å². The predicted molar refractivity (Wildman–Crippen MR) is 83.3 cm³/mol. The van der Waals surface area contributed by atoms with Gasteiger partial charge in [0, 0.05) is 10.6 Å². The number of hydrogen-bond donors (Lipinski definition) is 0. The Balaban J connectivity index is 1.92. The lowest BCUT2D eigenvalue weighted by Crippen LogP contribution is -1.99. The first-order chi connectivity index (χ1) is 10.3. The van der Waals surface area contributed by atoms with Gasteiger partial charge in [-0.15, -0.1) is 0 Å². The van der Waals surface area contributed by atoms with Crippen LogP contribution in [-0.4, -0.2) is 10.1 Å². The number of halogens is 1. The molecule has 0 unspecified atom stereocenters. The Morgan fingerprint density at radius 3 is 2.43 bits per heavy atom. The molecule has 3 nitrogen and oxygen atoms in total. The molecule has 3 aromatic rings. The number of hydrogen-bond acceptors (Lipinski definition) is 3. The van der Waals surface area contributed by atoms with E-state index in [1.54, 1.807) is 0 Å². The average molecular weight is 299 g/mol. The molecular weight excluding hydrogens is 284 g/mol. The van der Waals surface area contributed by atoms with E-state index in [1.807, 2.05) is 42.5 Å². The van der Waals surface area contributed by atoms with Gasteiger partial charge in [0.15, 0.2) is 0 Å². The zero-order valence-corrected chi connectivity index (χ0v) is 12.4. The van der Waals surface area contributed by atoms with Crippen LogP contribution in [0, 0.1) is 0 Å². The number of nitrogens with zero attached hydrogens (tertiary/aromatic N) is 2. The third-order valence-corrected chi connectivity index (χ3v) is 3.70. The summed E-state index contributed by atoms with van der Waals surface area (Å²) in [5, 5.41) is 4.77. The van der Waals surface area contributed by atoms with Gasteiger partial charge >= 0.3 is 0 Å². The van der Waals surface area contributed by atoms with E-state index in [0.717, 1.165) is 12.0 Å². The highest BCUT2D eigenvalue weighted by Gasteiger charge is 2.19. The van der Waals surface area contributed by atoms with E-state index in [4.69, 9.17) is 16.1 Å². The second kappa shape index (κ2) is 6.10. The van der Waals surface area contributed by atoms with E-state index in [2.05, 4.69) is 29.2 Å². The molecule has 0 fully saturated rings. The molecule has 1 atom stereocenters. The molecule has 106 valence electrons. The molecule has 21 heavy (non-hydrogen) atoms. The van der Waals surface area contributed by atoms with Crippen molar-refractivity contribution in [2.45, 2.75) is 19.3 Å². The van der Waals surface area contributed by atoms with Crippen molar-refractivity contribution in [1.29, 1.82) is 0 Å². The summed E-state index contributed by atoms with van der Waals surface area (Å²) in [6, 6.07) is 17.6. The van der Waals surface area contributed by atoms with Crippen LogP contribution in [0.25, 0.3) is 11.4 Å². The summed E-state index contributed by atoms with van der Waals surface area (Å²) < 4.78 is 5.46. The first-order valence-electron chi connectivity index (χ1n) is 6.92. The summed E-state index contributed by atoms with van der Waals surface area (Å²) in [5.74, 6) is 1.37. The van der Waals surface area contributed by atoms with Gasteiger partial charge in [0.25, 0.3) is 0 Å². The fourth-order valence-electron chi connectivity index (χ4n) is 2.33. The third-order valence-electron chi connectivity index (χ3n) is 3.45. The van der Waals surface area contributed by atoms with E-state index in [1.165, 1.54) is 5.56 Å². The smallest absolute Gasteiger partial charge is 0.234 e. The first kappa shape index (κ1) is 13.8. The Morgan fingerprint density at radius 1 is 1.05 bits per heavy atom. The largest absolute Gasteiger partial charge is 0.338 e. The molecule has 0 saturated carbocycles. The van der Waals surface area contributed by atoms with E-state index < -0.39 is 0 Å². The Morgan fingerprint density at radius 2 is 1.76 bits per heavy atom. The second-order valence-electron chi connectivity index (χ2n) is 4.83. The molecule has 1 heterocycles. The van der Waals surface area contributed by atoms with Crippen LogP contribution in [-0.2, 0) is 0 Å². The fraction of sp³-hybridized carbons (Fsp3) is 0.176. The van der Waals surface area contributed by atoms with Gasteiger partial charge in [-0.2, -0.15) is 4.98 Å². The molecule has 0 saturated heterocycles. The van der Waals surface area contributed by atoms with Crippen molar-refractivity contribution < 1.29 is 4.52 Å². The number of benzene rings is 2. The SMILES string of the molecule is CC[C@@H](c1ccccc1)c1nc(-c2ccc(Cl)cc2)no1. The molecule has 0 bridgehead atoms. The minimum atomic E-state index is 0.125. The summed E-state index contributed by atoms with van der Waals surface area (Å²) in [6.07, 6.45) is 0.909. The molecule has 0 amide bonds. The molecule has 2 aromatic carbocycles. The summed E-state index contributed by atoms with van der Waals surface area (Å²) in [5.41, 5.74) is 2.09. The summed E-state index contributed by atoms with van der Waals surface area (Å²) in [4.78, 5) is 4.54. The lowest BCUT2D eigenvalue weighted by molar-refractivity contribution is 0.363. The molecule has 4 heteroatoms. The first-order valence-corrected chi connectivity index (χ1v) is 7.30. The minimum Gasteiger partial charge on any atom is -0.338 e. The third kappa shape index (κ3) is 2.98. The van der Waals surface area contributed by atoms with Gasteiger partial charge in [-0.25, -0.2) is 0 Å². The topological polar surface area (TPSA) is 38.9 Å². The highest BCUT2D eigenvalue weighted by Crippen LogP contribution is 2.28. The highest BCUT2D eigenvalue weighted by molar-refractivity contribution is 6.30. The summed E-state index contributed by atoms with van der Waals surface area (Å²) >= 11 is 5.89. The van der Waals surface area contributed by atoms with Crippen LogP contribution in [0.5, 0.6) is 0 Å². The van der Waals surface area contributed by atoms with Crippen molar-refractivity contribution in [3.63, 3.8) is 0 Å². The van der Waals surface area contributed by atoms with Crippen molar-refractivity contribution in [1.82, 2.24) is 10.1 Å². The highest BCUT2D eigenvalue weighted by atomic mass is 35.5. The van der Waals surface area contributed by atoms with E-state index in [-0.39, 0.29) is 5.92 Å². The van der Waals surface area contributed by atoms with Crippen LogP contribution < -0.4 is 0 Å². The standard InChI is InChI=1S/C17H15ClN2O/c1-2-15(12-6-4-3-5-7-12)17-19-16(20-21-17)13-8-10-14(18)11-9-13/h3-11,15H,2H2,1H3/t15-/m0/s1. The molecular formula is C17H15ClN2O. The van der Waals surface area contributed by atoms with Crippen LogP contribution in [0.4, 0.5) is 0 Å². The average Bonchev–Trinajstić information content (AvgIpc) is 2.99. The maximum atomic E-state index is 5.89. The molecule has 3 rings (SSSR count). The predicted octanol–water partition coefficient (Wildman–Crippen LogP) is 4.93. The van der Waals surface area contributed by atoms with Gasteiger partial charge in [-0.1, -0.05) is 54.0 Å². The lowest BCUT2D eigenvalue weighted by Gasteiger charge is -2.09. The van der Waals surface area contributed by atoms with Crippen LogP contribution >= 0.6 is 11.6 Å². The van der Waals surface area contributed by atoms with Crippen LogP contribution in [0.2, 0.25) is 5.02 Å². The summed E-state index contributed by atoms with van der Waals surface area (Å²) in [7, 11) is 0. The zero-order valence-electron chi connectivity index (χ0n) is 11.7. The van der Waals surface area contributed by atoms with Crippen molar-refractivity contribution in [2.75, 3.05) is 0 Å². The van der Waals surface area contributed by atoms with Gasteiger partial charge < -0.3 is 4.52 Å². The van der Waals surface area contributed by atoms with Gasteiger partial charge in [0.1, 0.15) is 0 Å². The normalized spacial score (nSPS) is 12.3. The summed E-state index contributed by atoms with van der Waals surface area (Å²) in [6.45, 7) is 2.11. The van der Waals surface area contributed by atoms with E-state index in [9.17, 15) is 0 Å². The van der Waals surface area contributed by atoms with Crippen molar-refractivity contribution in [2.24, 2.45) is 0 Å². The van der Waals surface area contributed by atoms with E-state index >= 15 is 0 Å². The van der Waals surface area contributed by atoms with Crippen LogP contribution in [0.1, 0.15) is 30.7 Å². The molecule has 0 aliphatic rings. The molecule has 0 radical (unpaired) electrons. The number of aromatic nitrogens is 2. The minimum absolute atomic E-state index is 0.125. The Hall–Kier alpha value is -2.13. The maximum absolute atomic E-state index is 5.89. The van der Waals surface area contributed by atoms with Gasteiger partial charge in [-0.3, -0.25) is 0 Å². The monoisotopic (exact) mass is 298 g/mol. The van der Waals surface area contributed by atoms with Gasteiger partial charge in [-0.05, 0) is 36.2 Å². The van der Waals surface area contributed by atoms with E-state index in [0.29, 0.717) is 16.7 Å².